The van der Waals surface area contributed by atoms with E-state index in [1.807, 2.05) is 18.0 Å². The molecule has 124 valence electrons. The SMILES string of the molecule is CN=C(NCc1ccc(C#N)cc1F)N(C)CCOCC1CC1. The van der Waals surface area contributed by atoms with Crippen LogP contribution in [-0.4, -0.2) is 44.7 Å². The lowest BCUT2D eigenvalue weighted by atomic mass is 10.1. The first-order valence-corrected chi connectivity index (χ1v) is 7.82. The molecular formula is C17H23FN4O. The van der Waals surface area contributed by atoms with Crippen molar-refractivity contribution in [1.82, 2.24) is 10.2 Å². The van der Waals surface area contributed by atoms with Gasteiger partial charge in [0.1, 0.15) is 5.82 Å². The predicted molar refractivity (Wildman–Crippen MR) is 87.5 cm³/mol. The van der Waals surface area contributed by atoms with E-state index in [9.17, 15) is 4.39 Å². The van der Waals surface area contributed by atoms with Crippen molar-refractivity contribution in [3.05, 3.63) is 35.1 Å². The highest BCUT2D eigenvalue weighted by molar-refractivity contribution is 5.79. The van der Waals surface area contributed by atoms with Crippen LogP contribution in [0.5, 0.6) is 0 Å². The number of nitrogens with one attached hydrogen (secondary N) is 1. The zero-order chi connectivity index (χ0) is 16.7. The summed E-state index contributed by atoms with van der Waals surface area (Å²) in [6.45, 7) is 2.54. The fourth-order valence-corrected chi connectivity index (χ4v) is 2.16. The lowest BCUT2D eigenvalue weighted by Gasteiger charge is -2.22. The van der Waals surface area contributed by atoms with E-state index in [0.29, 0.717) is 30.2 Å². The molecule has 0 saturated heterocycles. The third-order valence-electron chi connectivity index (χ3n) is 3.81. The zero-order valence-electron chi connectivity index (χ0n) is 13.7. The largest absolute Gasteiger partial charge is 0.379 e. The summed E-state index contributed by atoms with van der Waals surface area (Å²) in [4.78, 5) is 6.15. The van der Waals surface area contributed by atoms with Gasteiger partial charge in [-0.25, -0.2) is 4.39 Å². The molecule has 1 aromatic rings. The Balaban J connectivity index is 1.78. The van der Waals surface area contributed by atoms with E-state index in [1.165, 1.54) is 18.9 Å². The first kappa shape index (κ1) is 17.2. The Morgan fingerprint density at radius 2 is 2.30 bits per heavy atom. The van der Waals surface area contributed by atoms with Crippen LogP contribution in [0.15, 0.2) is 23.2 Å². The van der Waals surface area contributed by atoms with Crippen LogP contribution in [0, 0.1) is 23.1 Å². The maximum Gasteiger partial charge on any atom is 0.193 e. The maximum absolute atomic E-state index is 13.9. The fraction of sp³-hybridized carbons (Fsp3) is 0.529. The normalized spacial score (nSPS) is 14.4. The molecule has 0 radical (unpaired) electrons. The Bertz CT molecular complexity index is 593. The first-order valence-electron chi connectivity index (χ1n) is 7.82. The van der Waals surface area contributed by atoms with Gasteiger partial charge in [-0.2, -0.15) is 5.26 Å². The Morgan fingerprint density at radius 1 is 1.52 bits per heavy atom. The molecule has 0 aromatic heterocycles. The highest BCUT2D eigenvalue weighted by Crippen LogP contribution is 2.28. The number of guanidine groups is 1. The zero-order valence-corrected chi connectivity index (χ0v) is 13.7. The number of likely N-dealkylation sites (N-methyl/N-ethyl adjacent to an activating group) is 1. The quantitative estimate of drug-likeness (QED) is 0.475. The first-order chi connectivity index (χ1) is 11.1. The summed E-state index contributed by atoms with van der Waals surface area (Å²) >= 11 is 0. The number of nitriles is 1. The van der Waals surface area contributed by atoms with Crippen LogP contribution in [0.4, 0.5) is 4.39 Å². The second-order valence-corrected chi connectivity index (χ2v) is 5.76. The van der Waals surface area contributed by atoms with Crippen LogP contribution in [-0.2, 0) is 11.3 Å². The summed E-state index contributed by atoms with van der Waals surface area (Å²) in [5.41, 5.74) is 0.823. The summed E-state index contributed by atoms with van der Waals surface area (Å²) in [7, 11) is 3.62. The van der Waals surface area contributed by atoms with Gasteiger partial charge in [0.25, 0.3) is 0 Å². The lowest BCUT2D eigenvalue weighted by molar-refractivity contribution is 0.115. The van der Waals surface area contributed by atoms with E-state index >= 15 is 0 Å². The molecule has 0 heterocycles. The summed E-state index contributed by atoms with van der Waals surface area (Å²) in [6.07, 6.45) is 2.57. The third kappa shape index (κ3) is 5.53. The summed E-state index contributed by atoms with van der Waals surface area (Å²) in [5, 5.41) is 11.9. The van der Waals surface area contributed by atoms with Gasteiger partial charge >= 0.3 is 0 Å². The molecule has 23 heavy (non-hydrogen) atoms. The smallest absolute Gasteiger partial charge is 0.193 e. The Labute approximate surface area is 136 Å². The summed E-state index contributed by atoms with van der Waals surface area (Å²) in [6, 6.07) is 6.40. The van der Waals surface area contributed by atoms with Crippen LogP contribution in [0.3, 0.4) is 0 Å². The molecule has 1 fully saturated rings. The van der Waals surface area contributed by atoms with Gasteiger partial charge in [-0.1, -0.05) is 6.07 Å². The van der Waals surface area contributed by atoms with Crippen molar-refractivity contribution >= 4 is 5.96 Å². The number of rotatable bonds is 7. The van der Waals surface area contributed by atoms with Crippen molar-refractivity contribution in [2.24, 2.45) is 10.9 Å². The highest BCUT2D eigenvalue weighted by atomic mass is 19.1. The lowest BCUT2D eigenvalue weighted by Crippen LogP contribution is -2.40. The second-order valence-electron chi connectivity index (χ2n) is 5.76. The van der Waals surface area contributed by atoms with Crippen LogP contribution >= 0.6 is 0 Å². The maximum atomic E-state index is 13.9. The van der Waals surface area contributed by atoms with Crippen molar-refractivity contribution in [2.45, 2.75) is 19.4 Å². The molecule has 0 bridgehead atoms. The molecule has 6 heteroatoms. The Kier molecular flexibility index (Phi) is 6.36. The minimum atomic E-state index is -0.387. The Hall–Kier alpha value is -2.13. The summed E-state index contributed by atoms with van der Waals surface area (Å²) < 4.78 is 19.5. The standard InChI is InChI=1S/C17H23FN4O/c1-20-17(22(2)7-8-23-12-13-3-4-13)21-11-15-6-5-14(10-19)9-16(15)18/h5-6,9,13H,3-4,7-8,11-12H2,1-2H3,(H,20,21). The van der Waals surface area contributed by atoms with Crippen molar-refractivity contribution in [3.8, 4) is 6.07 Å². The second kappa shape index (κ2) is 8.49. The number of nitrogens with zero attached hydrogens (tertiary/aromatic N) is 3. The minimum absolute atomic E-state index is 0.317. The molecule has 1 N–H and O–H groups in total. The molecular weight excluding hydrogens is 295 g/mol. The minimum Gasteiger partial charge on any atom is -0.379 e. The van der Waals surface area contributed by atoms with Crippen molar-refractivity contribution in [3.63, 3.8) is 0 Å². The van der Waals surface area contributed by atoms with E-state index in [0.717, 1.165) is 19.1 Å². The molecule has 1 aromatic carbocycles. The van der Waals surface area contributed by atoms with Gasteiger partial charge in [-0.3, -0.25) is 4.99 Å². The Morgan fingerprint density at radius 3 is 2.91 bits per heavy atom. The average Bonchev–Trinajstić information content (AvgIpc) is 3.37. The van der Waals surface area contributed by atoms with E-state index in [1.54, 1.807) is 19.2 Å². The molecule has 2 rings (SSSR count). The topological polar surface area (TPSA) is 60.7 Å². The monoisotopic (exact) mass is 318 g/mol. The molecule has 1 saturated carbocycles. The molecule has 0 atom stereocenters. The third-order valence-corrected chi connectivity index (χ3v) is 3.81. The van der Waals surface area contributed by atoms with Crippen LogP contribution in [0.1, 0.15) is 24.0 Å². The number of ether oxygens (including phenoxy) is 1. The summed E-state index contributed by atoms with van der Waals surface area (Å²) in [5.74, 6) is 1.06. The van der Waals surface area contributed by atoms with Crippen molar-refractivity contribution in [1.29, 1.82) is 5.26 Å². The van der Waals surface area contributed by atoms with E-state index < -0.39 is 0 Å². The van der Waals surface area contributed by atoms with Crippen LogP contribution < -0.4 is 5.32 Å². The fourth-order valence-electron chi connectivity index (χ4n) is 2.16. The van der Waals surface area contributed by atoms with Gasteiger partial charge in [0.2, 0.25) is 0 Å². The molecule has 1 aliphatic rings. The van der Waals surface area contributed by atoms with Gasteiger partial charge in [0.15, 0.2) is 5.96 Å². The molecule has 0 amide bonds. The number of benzene rings is 1. The van der Waals surface area contributed by atoms with Gasteiger partial charge < -0.3 is 15.0 Å². The van der Waals surface area contributed by atoms with Crippen molar-refractivity contribution < 1.29 is 9.13 Å². The average molecular weight is 318 g/mol. The molecule has 1 aliphatic carbocycles. The van der Waals surface area contributed by atoms with Gasteiger partial charge in [0, 0.05) is 39.4 Å². The van der Waals surface area contributed by atoms with Crippen molar-refractivity contribution in [2.75, 3.05) is 33.9 Å². The predicted octanol–water partition coefficient (Wildman–Crippen LogP) is 2.13. The highest BCUT2D eigenvalue weighted by Gasteiger charge is 2.21. The molecule has 5 nitrogen and oxygen atoms in total. The molecule has 0 aliphatic heterocycles. The van der Waals surface area contributed by atoms with Crippen LogP contribution in [0.25, 0.3) is 0 Å². The van der Waals surface area contributed by atoms with E-state index in [2.05, 4.69) is 10.3 Å². The molecule has 0 spiro atoms. The van der Waals surface area contributed by atoms with E-state index in [-0.39, 0.29) is 5.82 Å². The number of hydrogen-bond acceptors (Lipinski definition) is 3. The van der Waals surface area contributed by atoms with E-state index in [4.69, 9.17) is 10.00 Å². The van der Waals surface area contributed by atoms with Gasteiger partial charge in [0.05, 0.1) is 18.2 Å². The number of hydrogen-bond donors (Lipinski definition) is 1. The number of halogens is 1. The number of aliphatic imine (C=N–C) groups is 1. The molecule has 0 unspecified atom stereocenters. The van der Waals surface area contributed by atoms with Gasteiger partial charge in [-0.15, -0.1) is 0 Å². The van der Waals surface area contributed by atoms with Gasteiger partial charge in [-0.05, 0) is 30.9 Å². The van der Waals surface area contributed by atoms with Crippen LogP contribution in [0.2, 0.25) is 0 Å².